The van der Waals surface area contributed by atoms with Gasteiger partial charge in [0.05, 0.1) is 12.7 Å². The molecule has 1 nitrogen and oxygen atoms in total. The minimum absolute atomic E-state index is 0.320. The monoisotopic (exact) mass is 220 g/mol. The Kier molecular flexibility index (Phi) is 4.22. The van der Waals surface area contributed by atoms with Gasteiger partial charge in [0.1, 0.15) is 0 Å². The van der Waals surface area contributed by atoms with Crippen LogP contribution in [0.3, 0.4) is 0 Å². The van der Waals surface area contributed by atoms with Gasteiger partial charge in [0.25, 0.3) is 0 Å². The lowest BCUT2D eigenvalue weighted by Gasteiger charge is -2.36. The van der Waals surface area contributed by atoms with Gasteiger partial charge in [-0.1, -0.05) is 12.2 Å². The maximum Gasteiger partial charge on any atom is 0.0753 e. The average molecular weight is 220 g/mol. The second kappa shape index (κ2) is 5.67. The molecule has 1 saturated heterocycles. The van der Waals surface area contributed by atoms with Crippen LogP contribution in [0.1, 0.15) is 38.5 Å². The third-order valence-electron chi connectivity index (χ3n) is 4.43. The van der Waals surface area contributed by atoms with Gasteiger partial charge in [0, 0.05) is 0 Å². The van der Waals surface area contributed by atoms with Gasteiger partial charge in [0.2, 0.25) is 0 Å². The molecule has 0 radical (unpaired) electrons. The zero-order chi connectivity index (χ0) is 11.4. The van der Waals surface area contributed by atoms with E-state index in [1.54, 1.807) is 0 Å². The van der Waals surface area contributed by atoms with Crippen LogP contribution in [-0.2, 0) is 4.74 Å². The van der Waals surface area contributed by atoms with Crippen LogP contribution in [0.25, 0.3) is 0 Å². The highest BCUT2D eigenvalue weighted by molar-refractivity contribution is 4.89. The van der Waals surface area contributed by atoms with Crippen LogP contribution in [0.2, 0.25) is 0 Å². The molecule has 1 aliphatic carbocycles. The molecule has 16 heavy (non-hydrogen) atoms. The third-order valence-corrected chi connectivity index (χ3v) is 4.43. The van der Waals surface area contributed by atoms with Crippen LogP contribution in [0.4, 0.5) is 0 Å². The van der Waals surface area contributed by atoms with E-state index in [1.807, 2.05) is 6.08 Å². The highest BCUT2D eigenvalue weighted by Crippen LogP contribution is 2.37. The molecule has 0 aromatic carbocycles. The molecule has 0 aromatic rings. The zero-order valence-electron chi connectivity index (χ0n) is 10.2. The first-order valence-corrected chi connectivity index (χ1v) is 6.70. The Balaban J connectivity index is 1.77. The van der Waals surface area contributed by atoms with Gasteiger partial charge in [0.15, 0.2) is 0 Å². The molecular formula is C15H24O. The Labute approximate surface area is 99.6 Å². The second-order valence-electron chi connectivity index (χ2n) is 5.36. The molecule has 0 bridgehead atoms. The Hall–Kier alpha value is -0.560. The predicted molar refractivity (Wildman–Crippen MR) is 68.3 cm³/mol. The van der Waals surface area contributed by atoms with Crippen molar-refractivity contribution in [3.63, 3.8) is 0 Å². The summed E-state index contributed by atoms with van der Waals surface area (Å²) in [5, 5.41) is 0. The summed E-state index contributed by atoms with van der Waals surface area (Å²) in [5.74, 6) is 2.49. The van der Waals surface area contributed by atoms with Crippen LogP contribution in [0, 0.1) is 17.8 Å². The fourth-order valence-corrected chi connectivity index (χ4v) is 3.20. The van der Waals surface area contributed by atoms with E-state index >= 15 is 0 Å². The summed E-state index contributed by atoms with van der Waals surface area (Å²) in [6, 6.07) is 0. The number of hydrogen-bond donors (Lipinski definition) is 0. The van der Waals surface area contributed by atoms with Crippen molar-refractivity contribution in [2.75, 3.05) is 6.61 Å². The van der Waals surface area contributed by atoms with Gasteiger partial charge in [-0.3, -0.25) is 0 Å². The van der Waals surface area contributed by atoms with E-state index in [2.05, 4.69) is 19.2 Å². The Morgan fingerprint density at radius 1 is 0.812 bits per heavy atom. The van der Waals surface area contributed by atoms with Gasteiger partial charge in [-0.25, -0.2) is 0 Å². The molecule has 0 spiro atoms. The van der Waals surface area contributed by atoms with Crippen LogP contribution in [0.15, 0.2) is 25.3 Å². The quantitative estimate of drug-likeness (QED) is 0.654. The molecule has 2 rings (SSSR count). The van der Waals surface area contributed by atoms with E-state index in [9.17, 15) is 0 Å². The maximum absolute atomic E-state index is 5.81. The van der Waals surface area contributed by atoms with Gasteiger partial charge >= 0.3 is 0 Å². The normalized spacial score (nSPS) is 40.2. The SMILES string of the molecule is C=CC1CCC(C2CCC(C=C)OC2)CC1. The van der Waals surface area contributed by atoms with E-state index < -0.39 is 0 Å². The van der Waals surface area contributed by atoms with E-state index in [0.29, 0.717) is 6.10 Å². The molecule has 2 aliphatic rings. The van der Waals surface area contributed by atoms with Crippen molar-refractivity contribution in [2.45, 2.75) is 44.6 Å². The fraction of sp³-hybridized carbons (Fsp3) is 0.733. The molecule has 1 heteroatoms. The first-order chi connectivity index (χ1) is 7.83. The van der Waals surface area contributed by atoms with Gasteiger partial charge in [-0.2, -0.15) is 0 Å². The van der Waals surface area contributed by atoms with Crippen molar-refractivity contribution in [2.24, 2.45) is 17.8 Å². The molecule has 1 saturated carbocycles. The summed E-state index contributed by atoms with van der Waals surface area (Å²) in [6.07, 6.45) is 12.4. The number of hydrogen-bond acceptors (Lipinski definition) is 1. The lowest BCUT2D eigenvalue weighted by molar-refractivity contribution is -0.0153. The van der Waals surface area contributed by atoms with Crippen molar-refractivity contribution in [3.05, 3.63) is 25.3 Å². The van der Waals surface area contributed by atoms with Crippen LogP contribution < -0.4 is 0 Å². The second-order valence-corrected chi connectivity index (χ2v) is 5.36. The van der Waals surface area contributed by atoms with Crippen molar-refractivity contribution >= 4 is 0 Å². The number of allylic oxidation sites excluding steroid dienone is 1. The minimum atomic E-state index is 0.320. The molecule has 2 fully saturated rings. The summed E-state index contributed by atoms with van der Waals surface area (Å²) < 4.78 is 5.81. The van der Waals surface area contributed by atoms with Gasteiger partial charge in [-0.15, -0.1) is 13.2 Å². The van der Waals surface area contributed by atoms with Crippen molar-refractivity contribution in [3.8, 4) is 0 Å². The number of ether oxygens (including phenoxy) is 1. The highest BCUT2D eigenvalue weighted by Gasteiger charge is 2.29. The largest absolute Gasteiger partial charge is 0.374 e. The maximum atomic E-state index is 5.81. The molecule has 0 amide bonds. The summed E-state index contributed by atoms with van der Waals surface area (Å²) in [6.45, 7) is 8.67. The van der Waals surface area contributed by atoms with Gasteiger partial charge in [-0.05, 0) is 56.3 Å². The summed E-state index contributed by atoms with van der Waals surface area (Å²) in [7, 11) is 0. The smallest absolute Gasteiger partial charge is 0.0753 e. The standard InChI is InChI=1S/C15H24O/c1-3-12-5-7-13(8-6-12)14-9-10-15(4-2)16-11-14/h3-4,12-15H,1-2,5-11H2. The topological polar surface area (TPSA) is 9.23 Å². The molecule has 1 heterocycles. The molecular weight excluding hydrogens is 196 g/mol. The zero-order valence-corrected chi connectivity index (χ0v) is 10.2. The van der Waals surface area contributed by atoms with Crippen LogP contribution in [0.5, 0.6) is 0 Å². The summed E-state index contributed by atoms with van der Waals surface area (Å²) in [4.78, 5) is 0. The molecule has 2 atom stereocenters. The number of rotatable bonds is 3. The Bertz CT molecular complexity index is 204. The lowest BCUT2D eigenvalue weighted by atomic mass is 9.74. The lowest BCUT2D eigenvalue weighted by Crippen LogP contribution is -2.31. The Morgan fingerprint density at radius 2 is 1.50 bits per heavy atom. The fourth-order valence-electron chi connectivity index (χ4n) is 3.20. The van der Waals surface area contributed by atoms with E-state index in [4.69, 9.17) is 4.74 Å². The van der Waals surface area contributed by atoms with Crippen molar-refractivity contribution in [1.29, 1.82) is 0 Å². The summed E-state index contributed by atoms with van der Waals surface area (Å²) in [5.41, 5.74) is 0. The first-order valence-electron chi connectivity index (χ1n) is 6.70. The molecule has 0 aromatic heterocycles. The van der Waals surface area contributed by atoms with Crippen LogP contribution >= 0.6 is 0 Å². The van der Waals surface area contributed by atoms with E-state index in [0.717, 1.165) is 24.4 Å². The molecule has 0 N–H and O–H groups in total. The third kappa shape index (κ3) is 2.76. The Morgan fingerprint density at radius 3 is 2.00 bits per heavy atom. The van der Waals surface area contributed by atoms with Crippen LogP contribution in [-0.4, -0.2) is 12.7 Å². The minimum Gasteiger partial charge on any atom is -0.374 e. The van der Waals surface area contributed by atoms with Crippen molar-refractivity contribution in [1.82, 2.24) is 0 Å². The van der Waals surface area contributed by atoms with Crippen molar-refractivity contribution < 1.29 is 4.74 Å². The molecule has 2 unspecified atom stereocenters. The van der Waals surface area contributed by atoms with E-state index in [1.165, 1.54) is 38.5 Å². The average Bonchev–Trinajstić information content (AvgIpc) is 2.39. The van der Waals surface area contributed by atoms with E-state index in [-0.39, 0.29) is 0 Å². The molecule has 90 valence electrons. The summed E-state index contributed by atoms with van der Waals surface area (Å²) >= 11 is 0. The first kappa shape index (κ1) is 11.9. The highest BCUT2D eigenvalue weighted by atomic mass is 16.5. The van der Waals surface area contributed by atoms with Gasteiger partial charge < -0.3 is 4.74 Å². The molecule has 1 aliphatic heterocycles. The predicted octanol–water partition coefficient (Wildman–Crippen LogP) is 3.96.